The van der Waals surface area contributed by atoms with E-state index >= 15 is 0 Å². The van der Waals surface area contributed by atoms with Crippen LogP contribution < -0.4 is 0 Å². The lowest BCUT2D eigenvalue weighted by atomic mass is 10.1. The van der Waals surface area contributed by atoms with Crippen LogP contribution in [0.2, 0.25) is 10.0 Å². The Morgan fingerprint density at radius 3 is 2.24 bits per heavy atom. The number of nitrogens with zero attached hydrogens (tertiary/aromatic N) is 1. The third-order valence-electron chi connectivity index (χ3n) is 2.55. The molecule has 0 unspecified atom stereocenters. The van der Waals surface area contributed by atoms with Crippen molar-refractivity contribution in [2.45, 2.75) is 17.4 Å². The zero-order chi connectivity index (χ0) is 12.6. The first-order chi connectivity index (χ1) is 7.95. The molecule has 0 N–H and O–H groups in total. The number of rotatable bonds is 3. The molecule has 7 heteroatoms. The highest BCUT2D eigenvalue weighted by atomic mass is 35.5. The first kappa shape index (κ1) is 12.8. The highest BCUT2D eigenvalue weighted by Gasteiger charge is 2.39. The van der Waals surface area contributed by atoms with Gasteiger partial charge in [-0.25, -0.2) is 8.42 Å². The molecular formula is C10H8Cl2NO3S. The Morgan fingerprint density at radius 1 is 1.24 bits per heavy atom. The van der Waals surface area contributed by atoms with Gasteiger partial charge in [0.15, 0.2) is 0 Å². The van der Waals surface area contributed by atoms with Crippen LogP contribution in [0, 0.1) is 0 Å². The second-order valence-electron chi connectivity index (χ2n) is 3.64. The van der Waals surface area contributed by atoms with Crippen molar-refractivity contribution in [2.24, 2.45) is 0 Å². The van der Waals surface area contributed by atoms with Gasteiger partial charge in [-0.15, -0.1) is 0 Å². The average molecular weight is 293 g/mol. The minimum atomic E-state index is -3.71. The SMILES string of the molecule is O=[C][C@@H]1CCN1S(=O)(=O)c1cc(Cl)cc(Cl)c1. The molecule has 1 fully saturated rings. The second-order valence-corrected chi connectivity index (χ2v) is 6.41. The second kappa shape index (κ2) is 4.57. The van der Waals surface area contributed by atoms with E-state index in [1.54, 1.807) is 6.29 Å². The number of halogens is 2. The molecule has 0 amide bonds. The third kappa shape index (κ3) is 2.33. The van der Waals surface area contributed by atoms with Crippen molar-refractivity contribution < 1.29 is 13.2 Å². The smallest absolute Gasteiger partial charge is 0.243 e. The van der Waals surface area contributed by atoms with E-state index in [0.29, 0.717) is 13.0 Å². The summed E-state index contributed by atoms with van der Waals surface area (Å²) in [5.41, 5.74) is 0. The molecule has 0 aliphatic carbocycles. The van der Waals surface area contributed by atoms with Gasteiger partial charge in [-0.3, -0.25) is 4.79 Å². The van der Waals surface area contributed by atoms with Crippen LogP contribution in [-0.2, 0) is 14.8 Å². The Labute approximate surface area is 109 Å². The van der Waals surface area contributed by atoms with Crippen LogP contribution in [0.4, 0.5) is 0 Å². The first-order valence-electron chi connectivity index (χ1n) is 4.81. The number of sulfonamides is 1. The van der Waals surface area contributed by atoms with Gasteiger partial charge in [-0.2, -0.15) is 4.31 Å². The van der Waals surface area contributed by atoms with Gasteiger partial charge in [0.2, 0.25) is 16.3 Å². The zero-order valence-corrected chi connectivity index (χ0v) is 10.9. The standard InChI is InChI=1S/C10H8Cl2NO3S/c11-7-3-8(12)5-10(4-7)17(15,16)13-2-1-9(13)6-14/h3-5,9H,1-2H2/t9-/m0/s1. The lowest BCUT2D eigenvalue weighted by molar-refractivity contribution is 0.252. The Balaban J connectivity index is 2.41. The Kier molecular flexibility index (Phi) is 3.45. The molecule has 1 heterocycles. The van der Waals surface area contributed by atoms with Crippen LogP contribution in [0.15, 0.2) is 23.1 Å². The van der Waals surface area contributed by atoms with Gasteiger partial charge in [-0.05, 0) is 24.6 Å². The van der Waals surface area contributed by atoms with Crippen LogP contribution in [-0.4, -0.2) is 31.6 Å². The predicted molar refractivity (Wildman–Crippen MR) is 64.5 cm³/mol. The Morgan fingerprint density at radius 2 is 1.82 bits per heavy atom. The Hall–Kier alpha value is -0.620. The maximum absolute atomic E-state index is 12.1. The molecule has 1 aliphatic heterocycles. The fraction of sp³-hybridized carbons (Fsp3) is 0.300. The van der Waals surface area contributed by atoms with Gasteiger partial charge in [0.25, 0.3) is 0 Å². The summed E-state index contributed by atoms with van der Waals surface area (Å²) in [6, 6.07) is 3.37. The highest BCUT2D eigenvalue weighted by Crippen LogP contribution is 2.29. The fourth-order valence-electron chi connectivity index (χ4n) is 1.58. The van der Waals surface area contributed by atoms with E-state index in [9.17, 15) is 13.2 Å². The summed E-state index contributed by atoms with van der Waals surface area (Å²) in [4.78, 5) is 10.5. The number of hydrogen-bond acceptors (Lipinski definition) is 3. The van der Waals surface area contributed by atoms with Crippen LogP contribution >= 0.6 is 23.2 Å². The van der Waals surface area contributed by atoms with E-state index in [1.165, 1.54) is 18.2 Å². The topological polar surface area (TPSA) is 54.5 Å². The number of benzene rings is 1. The summed E-state index contributed by atoms with van der Waals surface area (Å²) in [6.07, 6.45) is 2.18. The quantitative estimate of drug-likeness (QED) is 0.855. The van der Waals surface area contributed by atoms with Crippen LogP contribution in [0.5, 0.6) is 0 Å². The van der Waals surface area contributed by atoms with Crippen molar-refractivity contribution in [3.63, 3.8) is 0 Å². The molecule has 1 aliphatic rings. The molecule has 0 aromatic heterocycles. The Bertz CT molecular complexity index is 538. The van der Waals surface area contributed by atoms with Crippen LogP contribution in [0.1, 0.15) is 6.42 Å². The predicted octanol–water partition coefficient (Wildman–Crippen LogP) is 1.87. The highest BCUT2D eigenvalue weighted by molar-refractivity contribution is 7.89. The summed E-state index contributed by atoms with van der Waals surface area (Å²) in [6.45, 7) is 0.312. The third-order valence-corrected chi connectivity index (χ3v) is 4.87. The first-order valence-corrected chi connectivity index (χ1v) is 7.00. The molecule has 1 saturated heterocycles. The van der Waals surface area contributed by atoms with Crippen molar-refractivity contribution in [3.8, 4) is 0 Å². The van der Waals surface area contributed by atoms with Crippen molar-refractivity contribution in [1.29, 1.82) is 0 Å². The number of carbonyl (C=O) groups excluding carboxylic acids is 1. The van der Waals surface area contributed by atoms with Crippen LogP contribution in [0.3, 0.4) is 0 Å². The normalized spacial score (nSPS) is 20.9. The average Bonchev–Trinajstić information content (AvgIpc) is 2.14. The molecule has 0 bridgehead atoms. The largest absolute Gasteiger partial charge is 0.289 e. The molecule has 0 saturated carbocycles. The van der Waals surface area contributed by atoms with Crippen LogP contribution in [0.25, 0.3) is 0 Å². The van der Waals surface area contributed by atoms with E-state index in [4.69, 9.17) is 23.2 Å². The maximum atomic E-state index is 12.1. The summed E-state index contributed by atoms with van der Waals surface area (Å²) in [7, 11) is -3.71. The lowest BCUT2D eigenvalue weighted by Gasteiger charge is -2.35. The monoisotopic (exact) mass is 292 g/mol. The van der Waals surface area contributed by atoms with Gasteiger partial charge >= 0.3 is 0 Å². The molecule has 1 atom stereocenters. The van der Waals surface area contributed by atoms with E-state index < -0.39 is 16.1 Å². The lowest BCUT2D eigenvalue weighted by Crippen LogP contribution is -2.51. The molecule has 91 valence electrons. The summed E-state index contributed by atoms with van der Waals surface area (Å²) >= 11 is 11.5. The molecule has 4 nitrogen and oxygen atoms in total. The molecule has 2 rings (SSSR count). The van der Waals surface area contributed by atoms with E-state index in [1.807, 2.05) is 0 Å². The maximum Gasteiger partial charge on any atom is 0.243 e. The van der Waals surface area contributed by atoms with Gasteiger partial charge in [0.05, 0.1) is 10.9 Å². The molecule has 1 aromatic rings. The van der Waals surface area contributed by atoms with Crippen molar-refractivity contribution in [1.82, 2.24) is 4.31 Å². The van der Waals surface area contributed by atoms with Gasteiger partial charge < -0.3 is 0 Å². The molecular weight excluding hydrogens is 285 g/mol. The number of hydrogen-bond donors (Lipinski definition) is 0. The molecule has 0 spiro atoms. The minimum Gasteiger partial charge on any atom is -0.289 e. The summed E-state index contributed by atoms with van der Waals surface area (Å²) < 4.78 is 25.3. The van der Waals surface area contributed by atoms with Crippen molar-refractivity contribution in [2.75, 3.05) is 6.54 Å². The van der Waals surface area contributed by atoms with Gasteiger partial charge in [0, 0.05) is 16.6 Å². The van der Waals surface area contributed by atoms with Crippen molar-refractivity contribution in [3.05, 3.63) is 28.2 Å². The van der Waals surface area contributed by atoms with Gasteiger partial charge in [-0.1, -0.05) is 23.2 Å². The fourth-order valence-corrected chi connectivity index (χ4v) is 3.89. The molecule has 17 heavy (non-hydrogen) atoms. The minimum absolute atomic E-state index is 0.00468. The van der Waals surface area contributed by atoms with E-state index in [0.717, 1.165) is 4.31 Å². The van der Waals surface area contributed by atoms with E-state index in [-0.39, 0.29) is 14.9 Å². The van der Waals surface area contributed by atoms with Crippen molar-refractivity contribution >= 4 is 39.5 Å². The summed E-state index contributed by atoms with van der Waals surface area (Å²) in [5, 5.41) is 0.478. The molecule has 1 aromatic carbocycles. The summed E-state index contributed by atoms with van der Waals surface area (Å²) in [5.74, 6) is 0. The zero-order valence-electron chi connectivity index (χ0n) is 8.56. The molecule has 1 radical (unpaired) electrons. The van der Waals surface area contributed by atoms with Gasteiger partial charge in [0.1, 0.15) is 0 Å². The van der Waals surface area contributed by atoms with E-state index in [2.05, 4.69) is 0 Å².